The second-order valence-electron chi connectivity index (χ2n) is 3.46. The van der Waals surface area contributed by atoms with Crippen LogP contribution in [0.15, 0.2) is 24.3 Å². The lowest BCUT2D eigenvalue weighted by atomic mass is 10.1. The molecule has 0 saturated heterocycles. The molecule has 1 N–H and O–H groups in total. The van der Waals surface area contributed by atoms with E-state index in [1.165, 1.54) is 12.2 Å². The molecular weight excluding hydrogens is 212 g/mol. The smallest absolute Gasteiger partial charge is 0.143 e. The summed E-state index contributed by atoms with van der Waals surface area (Å²) >= 11 is 0. The summed E-state index contributed by atoms with van der Waals surface area (Å²) in [6, 6.07) is 0. The monoisotopic (exact) mass is 230 g/mol. The molecule has 0 fully saturated rings. The van der Waals surface area contributed by atoms with Crippen molar-refractivity contribution in [1.29, 1.82) is 0 Å². The Kier molecular flexibility index (Phi) is 11.0. The zero-order valence-electron chi connectivity index (χ0n) is 10.1. The van der Waals surface area contributed by atoms with Gasteiger partial charge in [0.05, 0.1) is 6.10 Å². The van der Waals surface area contributed by atoms with Crippen LogP contribution in [-0.4, -0.2) is 17.5 Å². The van der Waals surface area contributed by atoms with E-state index in [1.807, 2.05) is 0 Å². The van der Waals surface area contributed by atoms with Gasteiger partial charge < -0.3 is 5.11 Å². The van der Waals surface area contributed by atoms with Gasteiger partial charge in [-0.25, -0.2) is 0 Å². The number of unbranched alkanes of at least 4 members (excludes halogenated alkanes) is 2. The van der Waals surface area contributed by atoms with Crippen LogP contribution >= 0.6 is 0 Å². The van der Waals surface area contributed by atoms with Crippen molar-refractivity contribution in [2.75, 3.05) is 0 Å². The van der Waals surface area contributed by atoms with Crippen molar-refractivity contribution in [3.8, 4) is 23.7 Å². The lowest BCUT2D eigenvalue weighted by molar-refractivity contribution is -0.104. The van der Waals surface area contributed by atoms with Crippen LogP contribution in [0.5, 0.6) is 0 Å². The summed E-state index contributed by atoms with van der Waals surface area (Å²) in [4.78, 5) is 9.89. The minimum absolute atomic E-state index is 0.418. The van der Waals surface area contributed by atoms with Gasteiger partial charge in [0.1, 0.15) is 6.29 Å². The fourth-order valence-electron chi connectivity index (χ4n) is 1.10. The van der Waals surface area contributed by atoms with Crippen LogP contribution in [-0.2, 0) is 4.79 Å². The second kappa shape index (κ2) is 12.3. The fraction of sp³-hybridized carbons (Fsp3) is 0.400. The number of carbonyl (C=O) groups is 1. The number of hydrogen-bond acceptors (Lipinski definition) is 2. The largest absolute Gasteiger partial charge is 0.389 e. The number of carbonyl (C=O) groups excluding carboxylic acids is 1. The highest BCUT2D eigenvalue weighted by atomic mass is 16.3. The molecule has 0 rings (SSSR count). The zero-order chi connectivity index (χ0) is 12.8. The molecule has 90 valence electrons. The Morgan fingerprint density at radius 1 is 1.18 bits per heavy atom. The molecule has 1 unspecified atom stereocenters. The summed E-state index contributed by atoms with van der Waals surface area (Å²) in [5, 5.41) is 9.51. The van der Waals surface area contributed by atoms with Gasteiger partial charge in [-0.15, -0.1) is 0 Å². The number of aliphatic hydroxyl groups excluding tert-OH is 1. The number of aldehydes is 1. The first-order valence-corrected chi connectivity index (χ1v) is 5.77. The van der Waals surface area contributed by atoms with Crippen LogP contribution in [0.4, 0.5) is 0 Å². The van der Waals surface area contributed by atoms with Crippen LogP contribution in [0, 0.1) is 23.7 Å². The van der Waals surface area contributed by atoms with Crippen LogP contribution in [0.2, 0.25) is 0 Å². The molecule has 0 amide bonds. The quantitative estimate of drug-likeness (QED) is 0.329. The first kappa shape index (κ1) is 15.2. The van der Waals surface area contributed by atoms with E-state index in [0.717, 1.165) is 25.7 Å². The van der Waals surface area contributed by atoms with Crippen molar-refractivity contribution in [2.45, 2.75) is 38.7 Å². The van der Waals surface area contributed by atoms with E-state index < -0.39 is 6.10 Å². The van der Waals surface area contributed by atoms with Crippen LogP contribution in [0.25, 0.3) is 0 Å². The fourth-order valence-corrected chi connectivity index (χ4v) is 1.10. The highest BCUT2D eigenvalue weighted by molar-refractivity contribution is 5.65. The minimum Gasteiger partial charge on any atom is -0.389 e. The van der Waals surface area contributed by atoms with E-state index >= 15 is 0 Å². The van der Waals surface area contributed by atoms with Gasteiger partial charge in [0.2, 0.25) is 0 Å². The topological polar surface area (TPSA) is 37.3 Å². The molecule has 0 heterocycles. The van der Waals surface area contributed by atoms with Crippen molar-refractivity contribution in [3.05, 3.63) is 24.3 Å². The molecular formula is C15H18O2. The molecule has 0 aromatic rings. The van der Waals surface area contributed by atoms with Crippen molar-refractivity contribution >= 4 is 6.29 Å². The molecule has 2 nitrogen and oxygen atoms in total. The SMILES string of the molecule is CCCCCC(O)/C=C/C#CC#C/C=C/C=O. The Bertz CT molecular complexity index is 369. The summed E-state index contributed by atoms with van der Waals surface area (Å²) in [5.41, 5.74) is 0. The third-order valence-corrected chi connectivity index (χ3v) is 1.97. The zero-order valence-corrected chi connectivity index (χ0v) is 10.1. The Morgan fingerprint density at radius 2 is 1.88 bits per heavy atom. The van der Waals surface area contributed by atoms with Gasteiger partial charge in [-0.1, -0.05) is 38.0 Å². The van der Waals surface area contributed by atoms with Crippen LogP contribution in [0.3, 0.4) is 0 Å². The van der Waals surface area contributed by atoms with Gasteiger partial charge in [0.15, 0.2) is 0 Å². The molecule has 2 heteroatoms. The van der Waals surface area contributed by atoms with Gasteiger partial charge in [-0.05, 0) is 42.6 Å². The number of aliphatic hydroxyl groups is 1. The molecule has 0 spiro atoms. The molecule has 0 radical (unpaired) electrons. The maximum Gasteiger partial charge on any atom is 0.143 e. The molecule has 0 aliphatic carbocycles. The van der Waals surface area contributed by atoms with E-state index in [4.69, 9.17) is 0 Å². The van der Waals surface area contributed by atoms with E-state index in [9.17, 15) is 9.90 Å². The van der Waals surface area contributed by atoms with E-state index in [2.05, 4.69) is 30.6 Å². The Morgan fingerprint density at radius 3 is 2.53 bits per heavy atom. The third-order valence-electron chi connectivity index (χ3n) is 1.97. The first-order valence-electron chi connectivity index (χ1n) is 5.77. The van der Waals surface area contributed by atoms with E-state index in [0.29, 0.717) is 6.29 Å². The van der Waals surface area contributed by atoms with Gasteiger partial charge in [0.25, 0.3) is 0 Å². The van der Waals surface area contributed by atoms with Crippen LogP contribution in [0.1, 0.15) is 32.6 Å². The summed E-state index contributed by atoms with van der Waals surface area (Å²) in [6.45, 7) is 2.13. The van der Waals surface area contributed by atoms with E-state index in [1.54, 1.807) is 12.2 Å². The lowest BCUT2D eigenvalue weighted by Crippen LogP contribution is -2.00. The van der Waals surface area contributed by atoms with Crippen molar-refractivity contribution in [3.63, 3.8) is 0 Å². The predicted molar refractivity (Wildman–Crippen MR) is 70.0 cm³/mol. The average Bonchev–Trinajstić information content (AvgIpc) is 2.33. The Balaban J connectivity index is 3.84. The molecule has 17 heavy (non-hydrogen) atoms. The molecule has 0 aromatic heterocycles. The van der Waals surface area contributed by atoms with E-state index in [-0.39, 0.29) is 0 Å². The summed E-state index contributed by atoms with van der Waals surface area (Å²) in [7, 11) is 0. The summed E-state index contributed by atoms with van der Waals surface area (Å²) in [5.74, 6) is 10.4. The molecule has 0 aromatic carbocycles. The van der Waals surface area contributed by atoms with Gasteiger partial charge in [-0.2, -0.15) is 0 Å². The molecule has 0 saturated carbocycles. The molecule has 0 aliphatic heterocycles. The lowest BCUT2D eigenvalue weighted by Gasteiger charge is -2.02. The van der Waals surface area contributed by atoms with Crippen molar-refractivity contribution < 1.29 is 9.90 Å². The van der Waals surface area contributed by atoms with Gasteiger partial charge in [-0.3, -0.25) is 4.79 Å². The highest BCUT2D eigenvalue weighted by Gasteiger charge is 1.96. The average molecular weight is 230 g/mol. The molecule has 1 atom stereocenters. The number of rotatable bonds is 6. The van der Waals surface area contributed by atoms with Crippen LogP contribution < -0.4 is 0 Å². The van der Waals surface area contributed by atoms with Crippen molar-refractivity contribution in [2.24, 2.45) is 0 Å². The standard InChI is InChI=1S/C15H18O2/c1-2-3-9-12-15(17)13-10-7-5-4-6-8-11-14-16/h8,10-11,13-15,17H,2-3,9,12H2,1H3/b11-8+,13-10+. The third kappa shape index (κ3) is 12.2. The highest BCUT2D eigenvalue weighted by Crippen LogP contribution is 2.03. The normalized spacial score (nSPS) is 11.6. The van der Waals surface area contributed by atoms with Crippen molar-refractivity contribution in [1.82, 2.24) is 0 Å². The predicted octanol–water partition coefficient (Wildman–Crippen LogP) is 2.25. The maximum absolute atomic E-state index is 9.89. The molecule has 0 bridgehead atoms. The van der Waals surface area contributed by atoms with Gasteiger partial charge >= 0.3 is 0 Å². The number of hydrogen-bond donors (Lipinski definition) is 1. The summed E-state index contributed by atoms with van der Waals surface area (Å²) < 4.78 is 0. The maximum atomic E-state index is 9.89. The first-order chi connectivity index (χ1) is 8.31. The second-order valence-corrected chi connectivity index (χ2v) is 3.46. The Labute approximate surface area is 103 Å². The Hall–Kier alpha value is -1.77. The van der Waals surface area contributed by atoms with Gasteiger partial charge in [0, 0.05) is 0 Å². The molecule has 0 aliphatic rings. The summed E-state index contributed by atoms with van der Waals surface area (Å²) in [6.07, 6.45) is 10.4. The number of allylic oxidation sites excluding steroid dienone is 3. The minimum atomic E-state index is -0.418.